The second kappa shape index (κ2) is 26.3. The van der Waals surface area contributed by atoms with Gasteiger partial charge >= 0.3 is 5.97 Å². The number of hydrogen-bond acceptors (Lipinski definition) is 2. The first-order valence-corrected chi connectivity index (χ1v) is 16.1. The lowest BCUT2D eigenvalue weighted by Gasteiger charge is -2.21. The largest absolute Gasteiger partial charge is 0.435 e. The first kappa shape index (κ1) is 32.2. The molecule has 0 unspecified atom stereocenters. The van der Waals surface area contributed by atoms with Gasteiger partial charge in [-0.3, -0.25) is 4.79 Å². The monoisotopic (exact) mass is 490 g/mol. The minimum absolute atomic E-state index is 0.143. The molecule has 0 atom stereocenters. The van der Waals surface area contributed by atoms with Crippen molar-refractivity contribution in [3.63, 3.8) is 0 Å². The third kappa shape index (κ3) is 23.4. The number of carbonyl (C=O) groups is 1. The van der Waals surface area contributed by atoms with Crippen molar-refractivity contribution in [2.75, 3.05) is 0 Å². The van der Waals surface area contributed by atoms with Crippen molar-refractivity contribution in [2.45, 2.75) is 186 Å². The van der Waals surface area contributed by atoms with Crippen LogP contribution in [0.1, 0.15) is 186 Å². The summed E-state index contributed by atoms with van der Waals surface area (Å²) in [5.74, 6) is 0.945. The van der Waals surface area contributed by atoms with Crippen LogP contribution in [0.4, 0.5) is 0 Å². The fraction of sp³-hybridized carbons (Fsp3) is 0.909. The Morgan fingerprint density at radius 3 is 1.26 bits per heavy atom. The molecule has 1 fully saturated rings. The van der Waals surface area contributed by atoms with Crippen molar-refractivity contribution in [3.8, 4) is 0 Å². The maximum Gasteiger partial charge on any atom is 0.310 e. The SMILES string of the molecule is C=COC(=O)CCCCCCCCCCCCCCCCCCCCCCCCC1CCCCC1. The molecular weight excluding hydrogens is 428 g/mol. The van der Waals surface area contributed by atoms with Gasteiger partial charge in [-0.15, -0.1) is 0 Å². The molecule has 0 radical (unpaired) electrons. The van der Waals surface area contributed by atoms with Gasteiger partial charge in [0.25, 0.3) is 0 Å². The van der Waals surface area contributed by atoms with E-state index in [4.69, 9.17) is 4.74 Å². The van der Waals surface area contributed by atoms with Crippen LogP contribution in [-0.4, -0.2) is 5.97 Å². The van der Waals surface area contributed by atoms with Crippen LogP contribution in [0.15, 0.2) is 12.8 Å². The van der Waals surface area contributed by atoms with Crippen LogP contribution in [0.2, 0.25) is 0 Å². The summed E-state index contributed by atoms with van der Waals surface area (Å²) >= 11 is 0. The van der Waals surface area contributed by atoms with Crippen LogP contribution in [0, 0.1) is 5.92 Å². The van der Waals surface area contributed by atoms with Crippen molar-refractivity contribution in [1.29, 1.82) is 0 Å². The summed E-state index contributed by atoms with van der Waals surface area (Å²) in [7, 11) is 0. The van der Waals surface area contributed by atoms with Crippen molar-refractivity contribution >= 4 is 5.97 Å². The topological polar surface area (TPSA) is 26.3 Å². The van der Waals surface area contributed by atoms with Gasteiger partial charge in [-0.1, -0.05) is 180 Å². The fourth-order valence-electron chi connectivity index (χ4n) is 5.87. The number of carbonyl (C=O) groups excluding carboxylic acids is 1. The number of rotatable bonds is 26. The predicted molar refractivity (Wildman–Crippen MR) is 154 cm³/mol. The highest BCUT2D eigenvalue weighted by Crippen LogP contribution is 2.28. The van der Waals surface area contributed by atoms with E-state index in [1.165, 1.54) is 173 Å². The van der Waals surface area contributed by atoms with Crippen molar-refractivity contribution < 1.29 is 9.53 Å². The summed E-state index contributed by atoms with van der Waals surface area (Å²) in [6.45, 7) is 3.41. The summed E-state index contributed by atoms with van der Waals surface area (Å²) in [6, 6.07) is 0. The first-order chi connectivity index (χ1) is 17.3. The molecule has 0 heterocycles. The molecule has 1 saturated carbocycles. The molecule has 35 heavy (non-hydrogen) atoms. The Morgan fingerprint density at radius 1 is 0.543 bits per heavy atom. The van der Waals surface area contributed by atoms with Gasteiger partial charge in [-0.25, -0.2) is 0 Å². The highest BCUT2D eigenvalue weighted by molar-refractivity contribution is 5.69. The third-order valence-corrected chi connectivity index (χ3v) is 8.18. The van der Waals surface area contributed by atoms with E-state index in [9.17, 15) is 4.79 Å². The molecule has 0 bridgehead atoms. The van der Waals surface area contributed by atoms with Crippen molar-refractivity contribution in [3.05, 3.63) is 12.8 Å². The van der Waals surface area contributed by atoms with E-state index >= 15 is 0 Å². The number of unbranched alkanes of at least 4 members (excludes halogenated alkanes) is 21. The Labute approximate surface area is 220 Å². The molecule has 0 aromatic heterocycles. The molecule has 0 N–H and O–H groups in total. The van der Waals surface area contributed by atoms with Crippen LogP contribution >= 0.6 is 0 Å². The lowest BCUT2D eigenvalue weighted by Crippen LogP contribution is -2.05. The van der Waals surface area contributed by atoms with E-state index in [1.807, 2.05) is 0 Å². The highest BCUT2D eigenvalue weighted by atomic mass is 16.5. The summed E-state index contributed by atoms with van der Waals surface area (Å²) in [5, 5.41) is 0. The number of esters is 1. The average Bonchev–Trinajstić information content (AvgIpc) is 2.87. The van der Waals surface area contributed by atoms with Crippen LogP contribution in [-0.2, 0) is 9.53 Å². The van der Waals surface area contributed by atoms with Gasteiger partial charge in [0.15, 0.2) is 0 Å². The third-order valence-electron chi connectivity index (χ3n) is 8.18. The Bertz CT molecular complexity index is 452. The maximum absolute atomic E-state index is 11.2. The van der Waals surface area contributed by atoms with Crippen LogP contribution < -0.4 is 0 Å². The first-order valence-electron chi connectivity index (χ1n) is 16.1. The van der Waals surface area contributed by atoms with Gasteiger partial charge in [0.05, 0.1) is 6.26 Å². The zero-order valence-corrected chi connectivity index (χ0v) is 23.7. The van der Waals surface area contributed by atoms with Crippen LogP contribution in [0.5, 0.6) is 0 Å². The van der Waals surface area contributed by atoms with Gasteiger partial charge in [0.2, 0.25) is 0 Å². The lowest BCUT2D eigenvalue weighted by molar-refractivity contribution is -0.138. The van der Waals surface area contributed by atoms with Crippen molar-refractivity contribution in [1.82, 2.24) is 0 Å². The molecule has 0 saturated heterocycles. The molecular formula is C33H62O2. The van der Waals surface area contributed by atoms with Gasteiger partial charge in [-0.2, -0.15) is 0 Å². The summed E-state index contributed by atoms with van der Waals surface area (Å²) in [5.41, 5.74) is 0. The van der Waals surface area contributed by atoms with E-state index in [-0.39, 0.29) is 5.97 Å². The normalized spacial score (nSPS) is 14.3. The minimum atomic E-state index is -0.143. The second-order valence-electron chi connectivity index (χ2n) is 11.5. The smallest absolute Gasteiger partial charge is 0.310 e. The Balaban J connectivity index is 1.64. The number of hydrogen-bond donors (Lipinski definition) is 0. The molecule has 0 amide bonds. The molecule has 2 heteroatoms. The van der Waals surface area contributed by atoms with Crippen LogP contribution in [0.3, 0.4) is 0 Å². The molecule has 1 aliphatic carbocycles. The van der Waals surface area contributed by atoms with E-state index in [0.29, 0.717) is 6.42 Å². The van der Waals surface area contributed by atoms with E-state index < -0.39 is 0 Å². The Morgan fingerprint density at radius 2 is 0.886 bits per heavy atom. The standard InChI is InChI=1S/C33H62O2/c1-2-35-33(34)31-27-22-20-18-16-14-12-10-8-6-4-3-5-7-9-11-13-15-17-19-21-24-28-32-29-25-23-26-30-32/h2,32H,1,3-31H2. The van der Waals surface area contributed by atoms with E-state index in [2.05, 4.69) is 6.58 Å². The quantitative estimate of drug-likeness (QED) is 0.0684. The Kier molecular flexibility index (Phi) is 24.2. The fourth-order valence-corrected chi connectivity index (χ4v) is 5.87. The van der Waals surface area contributed by atoms with Crippen LogP contribution in [0.25, 0.3) is 0 Å². The van der Waals surface area contributed by atoms with Gasteiger partial charge in [0, 0.05) is 6.42 Å². The van der Waals surface area contributed by atoms with Crippen molar-refractivity contribution in [2.24, 2.45) is 5.92 Å². The average molecular weight is 491 g/mol. The molecule has 1 aliphatic rings. The molecule has 0 spiro atoms. The van der Waals surface area contributed by atoms with Gasteiger partial charge in [-0.05, 0) is 12.3 Å². The van der Waals surface area contributed by atoms with Gasteiger partial charge < -0.3 is 4.74 Å². The summed E-state index contributed by atoms with van der Waals surface area (Å²) < 4.78 is 4.73. The second-order valence-corrected chi connectivity index (χ2v) is 11.5. The highest BCUT2D eigenvalue weighted by Gasteiger charge is 2.12. The molecule has 0 aromatic rings. The lowest BCUT2D eigenvalue weighted by atomic mass is 9.85. The molecule has 1 rings (SSSR count). The van der Waals surface area contributed by atoms with E-state index in [1.54, 1.807) is 0 Å². The minimum Gasteiger partial charge on any atom is -0.435 e. The molecule has 206 valence electrons. The molecule has 0 aliphatic heterocycles. The van der Waals surface area contributed by atoms with Gasteiger partial charge in [0.1, 0.15) is 0 Å². The number of ether oxygens (including phenoxy) is 1. The van der Waals surface area contributed by atoms with E-state index in [0.717, 1.165) is 18.8 Å². The Hall–Kier alpha value is -0.790. The zero-order valence-electron chi connectivity index (χ0n) is 23.7. The summed E-state index contributed by atoms with van der Waals surface area (Å²) in [4.78, 5) is 11.2. The maximum atomic E-state index is 11.2. The predicted octanol–water partition coefficient (Wildman–Crippen LogP) is 11.6. The summed E-state index contributed by atoms with van der Waals surface area (Å²) in [6.07, 6.45) is 41.7. The molecule has 0 aromatic carbocycles. The zero-order chi connectivity index (χ0) is 25.1. The molecule has 2 nitrogen and oxygen atoms in total.